The van der Waals surface area contributed by atoms with Gasteiger partial charge < -0.3 is 9.73 Å². The SMILES string of the molecule is CCN1C(=O)C(=Cc2ccc(NC(=O)C=Cc3ccco3)cc2)SC1=S. The van der Waals surface area contributed by atoms with E-state index in [0.717, 1.165) is 5.56 Å². The van der Waals surface area contributed by atoms with E-state index in [1.54, 1.807) is 47.6 Å². The number of thiocarbonyl (C=S) groups is 1. The lowest BCUT2D eigenvalue weighted by molar-refractivity contribution is -0.122. The fourth-order valence-corrected chi connectivity index (χ4v) is 3.70. The molecule has 1 saturated heterocycles. The smallest absolute Gasteiger partial charge is 0.266 e. The molecular formula is C19H16N2O3S2. The van der Waals surface area contributed by atoms with Gasteiger partial charge in [-0.1, -0.05) is 36.1 Å². The van der Waals surface area contributed by atoms with Gasteiger partial charge in [0.2, 0.25) is 5.91 Å². The number of carbonyl (C=O) groups is 2. The van der Waals surface area contributed by atoms with Crippen LogP contribution < -0.4 is 5.32 Å². The Morgan fingerprint density at radius 1 is 1.31 bits per heavy atom. The third-order valence-electron chi connectivity index (χ3n) is 3.61. The lowest BCUT2D eigenvalue weighted by atomic mass is 10.2. The third-order valence-corrected chi connectivity index (χ3v) is 4.99. The molecule has 0 unspecified atom stereocenters. The van der Waals surface area contributed by atoms with Crippen molar-refractivity contribution in [3.8, 4) is 0 Å². The zero-order valence-electron chi connectivity index (χ0n) is 14.0. The molecule has 2 amide bonds. The number of benzene rings is 1. The van der Waals surface area contributed by atoms with Gasteiger partial charge in [0.05, 0.1) is 11.2 Å². The van der Waals surface area contributed by atoms with Crippen LogP contribution in [0.3, 0.4) is 0 Å². The Kier molecular flexibility index (Phi) is 5.70. The highest BCUT2D eigenvalue weighted by Gasteiger charge is 2.30. The van der Waals surface area contributed by atoms with Gasteiger partial charge in [-0.15, -0.1) is 0 Å². The Hall–Kier alpha value is -2.64. The molecule has 1 aromatic heterocycles. The maximum atomic E-state index is 12.2. The molecule has 2 heterocycles. The molecule has 1 N–H and O–H groups in total. The van der Waals surface area contributed by atoms with Crippen molar-refractivity contribution in [3.63, 3.8) is 0 Å². The van der Waals surface area contributed by atoms with Crippen molar-refractivity contribution in [3.05, 3.63) is 65.0 Å². The molecule has 5 nitrogen and oxygen atoms in total. The summed E-state index contributed by atoms with van der Waals surface area (Å²) in [6, 6.07) is 10.8. The zero-order chi connectivity index (χ0) is 18.5. The van der Waals surface area contributed by atoms with Crippen LogP contribution >= 0.6 is 24.0 Å². The van der Waals surface area contributed by atoms with Crippen LogP contribution in [0.5, 0.6) is 0 Å². The Balaban J connectivity index is 1.64. The van der Waals surface area contributed by atoms with Crippen LogP contribution in [-0.2, 0) is 9.59 Å². The molecular weight excluding hydrogens is 368 g/mol. The first kappa shape index (κ1) is 18.2. The molecule has 1 fully saturated rings. The van der Waals surface area contributed by atoms with Crippen molar-refractivity contribution in [1.29, 1.82) is 0 Å². The summed E-state index contributed by atoms with van der Waals surface area (Å²) in [7, 11) is 0. The maximum absolute atomic E-state index is 12.2. The summed E-state index contributed by atoms with van der Waals surface area (Å²) in [6.07, 6.45) is 6.35. The number of nitrogens with zero attached hydrogens (tertiary/aromatic N) is 1. The summed E-state index contributed by atoms with van der Waals surface area (Å²) in [5, 5.41) is 2.77. The van der Waals surface area contributed by atoms with E-state index in [1.807, 2.05) is 19.1 Å². The summed E-state index contributed by atoms with van der Waals surface area (Å²) in [6.45, 7) is 2.46. The Morgan fingerprint density at radius 3 is 2.69 bits per heavy atom. The standard InChI is InChI=1S/C19H16N2O3S2/c1-2-21-18(23)16(26-19(21)25)12-13-5-7-14(8-6-13)20-17(22)10-9-15-4-3-11-24-15/h3-12H,2H2,1H3,(H,20,22). The van der Waals surface area contributed by atoms with Crippen LogP contribution in [0.1, 0.15) is 18.2 Å². The normalized spacial score (nSPS) is 16.0. The number of hydrogen-bond donors (Lipinski definition) is 1. The molecule has 2 aromatic rings. The van der Waals surface area contributed by atoms with Crippen LogP contribution in [0.15, 0.2) is 58.1 Å². The number of furan rings is 1. The molecule has 1 aromatic carbocycles. The van der Waals surface area contributed by atoms with Crippen LogP contribution in [0, 0.1) is 0 Å². The number of likely N-dealkylation sites (N-methyl/N-ethyl adjacent to an activating group) is 1. The second kappa shape index (κ2) is 8.16. The molecule has 0 radical (unpaired) electrons. The molecule has 1 aliphatic heterocycles. The van der Waals surface area contributed by atoms with Crippen molar-refractivity contribution in [2.75, 3.05) is 11.9 Å². The van der Waals surface area contributed by atoms with Gasteiger partial charge in [-0.05, 0) is 48.9 Å². The van der Waals surface area contributed by atoms with Crippen LogP contribution in [0.4, 0.5) is 5.69 Å². The monoisotopic (exact) mass is 384 g/mol. The molecule has 0 aliphatic carbocycles. The van der Waals surface area contributed by atoms with E-state index in [0.29, 0.717) is 27.2 Å². The molecule has 0 spiro atoms. The highest BCUT2D eigenvalue weighted by molar-refractivity contribution is 8.26. The summed E-state index contributed by atoms with van der Waals surface area (Å²) >= 11 is 6.50. The van der Waals surface area contributed by atoms with Gasteiger partial charge in [-0.25, -0.2) is 0 Å². The topological polar surface area (TPSA) is 62.6 Å². The second-order valence-corrected chi connectivity index (χ2v) is 7.06. The quantitative estimate of drug-likeness (QED) is 0.620. The van der Waals surface area contributed by atoms with E-state index >= 15 is 0 Å². The van der Waals surface area contributed by atoms with Crippen molar-refractivity contribution >= 4 is 58.0 Å². The van der Waals surface area contributed by atoms with Gasteiger partial charge in [0.15, 0.2) is 0 Å². The van der Waals surface area contributed by atoms with Gasteiger partial charge in [0, 0.05) is 18.3 Å². The van der Waals surface area contributed by atoms with Crippen LogP contribution in [0.2, 0.25) is 0 Å². The number of thioether (sulfide) groups is 1. The van der Waals surface area contributed by atoms with Gasteiger partial charge in [0.1, 0.15) is 10.1 Å². The summed E-state index contributed by atoms with van der Waals surface area (Å²) in [4.78, 5) is 26.3. The Labute approximate surface area is 160 Å². The fraction of sp³-hybridized carbons (Fsp3) is 0.105. The maximum Gasteiger partial charge on any atom is 0.266 e. The predicted molar refractivity (Wildman–Crippen MR) is 108 cm³/mol. The molecule has 3 rings (SSSR count). The molecule has 132 valence electrons. The van der Waals surface area contributed by atoms with E-state index in [9.17, 15) is 9.59 Å². The van der Waals surface area contributed by atoms with Crippen molar-refractivity contribution < 1.29 is 14.0 Å². The number of hydrogen-bond acceptors (Lipinski definition) is 5. The van der Waals surface area contributed by atoms with Crippen molar-refractivity contribution in [1.82, 2.24) is 4.90 Å². The number of anilines is 1. The average Bonchev–Trinajstić information content (AvgIpc) is 3.23. The van der Waals surface area contributed by atoms with Crippen LogP contribution in [0.25, 0.3) is 12.2 Å². The molecule has 26 heavy (non-hydrogen) atoms. The number of amides is 2. The second-order valence-electron chi connectivity index (χ2n) is 5.39. The first-order valence-corrected chi connectivity index (χ1v) is 9.17. The minimum Gasteiger partial charge on any atom is -0.465 e. The van der Waals surface area contributed by atoms with Crippen LogP contribution in [-0.4, -0.2) is 27.6 Å². The van der Waals surface area contributed by atoms with Crippen molar-refractivity contribution in [2.45, 2.75) is 6.92 Å². The van der Waals surface area contributed by atoms with Gasteiger partial charge in [-0.2, -0.15) is 0 Å². The van der Waals surface area contributed by atoms with E-state index in [1.165, 1.54) is 17.8 Å². The van der Waals surface area contributed by atoms with Gasteiger partial charge in [-0.3, -0.25) is 14.5 Å². The molecule has 7 heteroatoms. The predicted octanol–water partition coefficient (Wildman–Crippen LogP) is 4.15. The Bertz CT molecular complexity index is 884. The fourth-order valence-electron chi connectivity index (χ4n) is 2.31. The third kappa shape index (κ3) is 4.30. The molecule has 0 bridgehead atoms. The summed E-state index contributed by atoms with van der Waals surface area (Å²) in [5.74, 6) is 0.292. The zero-order valence-corrected chi connectivity index (χ0v) is 15.6. The largest absolute Gasteiger partial charge is 0.465 e. The molecule has 1 aliphatic rings. The lowest BCUT2D eigenvalue weighted by Crippen LogP contribution is -2.27. The summed E-state index contributed by atoms with van der Waals surface area (Å²) in [5.41, 5.74) is 1.53. The van der Waals surface area contributed by atoms with Gasteiger partial charge in [0.25, 0.3) is 5.91 Å². The van der Waals surface area contributed by atoms with E-state index in [-0.39, 0.29) is 11.8 Å². The number of nitrogens with one attached hydrogen (secondary N) is 1. The first-order chi connectivity index (χ1) is 12.6. The highest BCUT2D eigenvalue weighted by atomic mass is 32.2. The minimum absolute atomic E-state index is 0.0667. The van der Waals surface area contributed by atoms with E-state index in [4.69, 9.17) is 16.6 Å². The molecule has 0 saturated carbocycles. The van der Waals surface area contributed by atoms with Gasteiger partial charge >= 0.3 is 0 Å². The molecule has 0 atom stereocenters. The minimum atomic E-state index is -0.252. The van der Waals surface area contributed by atoms with Crippen molar-refractivity contribution in [2.24, 2.45) is 0 Å². The summed E-state index contributed by atoms with van der Waals surface area (Å²) < 4.78 is 5.71. The number of carbonyl (C=O) groups excluding carboxylic acids is 2. The Morgan fingerprint density at radius 2 is 2.08 bits per heavy atom. The van der Waals surface area contributed by atoms with E-state index < -0.39 is 0 Å². The van der Waals surface area contributed by atoms with E-state index in [2.05, 4.69) is 5.32 Å². The first-order valence-electron chi connectivity index (χ1n) is 7.95. The number of rotatable bonds is 5. The highest BCUT2D eigenvalue weighted by Crippen LogP contribution is 2.32. The lowest BCUT2D eigenvalue weighted by Gasteiger charge is -2.09. The average molecular weight is 384 g/mol.